The van der Waals surface area contributed by atoms with E-state index in [0.29, 0.717) is 11.5 Å². The molecule has 124 valence electrons. The first-order valence-electron chi connectivity index (χ1n) is 7.53. The van der Waals surface area contributed by atoms with Crippen LogP contribution in [0, 0.1) is 10.1 Å². The van der Waals surface area contributed by atoms with Crippen LogP contribution in [-0.4, -0.2) is 30.7 Å². The molecule has 24 heavy (non-hydrogen) atoms. The van der Waals surface area contributed by atoms with Gasteiger partial charge in [0.15, 0.2) is 11.5 Å². The van der Waals surface area contributed by atoms with Crippen molar-refractivity contribution in [3.63, 3.8) is 0 Å². The topological polar surface area (TPSA) is 77.4 Å². The maximum Gasteiger partial charge on any atom is 0.214 e. The number of hydrogen-bond donors (Lipinski definition) is 1. The van der Waals surface area contributed by atoms with Crippen LogP contribution in [0.4, 0.5) is 0 Å². The van der Waals surface area contributed by atoms with Crippen molar-refractivity contribution in [2.24, 2.45) is 0 Å². The maximum absolute atomic E-state index is 11.2. The number of aromatic amines is 1. The van der Waals surface area contributed by atoms with E-state index in [4.69, 9.17) is 9.47 Å². The normalized spacial score (nSPS) is 12.1. The number of rotatable bonds is 6. The molecule has 0 aliphatic heterocycles. The average Bonchev–Trinajstić information content (AvgIpc) is 3.02. The Bertz CT molecular complexity index is 872. The van der Waals surface area contributed by atoms with Crippen molar-refractivity contribution in [2.45, 2.75) is 5.92 Å². The second-order valence-electron chi connectivity index (χ2n) is 5.47. The van der Waals surface area contributed by atoms with Crippen LogP contribution >= 0.6 is 0 Å². The number of ether oxygens (including phenoxy) is 2. The minimum Gasteiger partial charge on any atom is -0.493 e. The molecule has 0 amide bonds. The largest absolute Gasteiger partial charge is 0.493 e. The Balaban J connectivity index is 2.12. The predicted octanol–water partition coefficient (Wildman–Crippen LogP) is 3.59. The zero-order chi connectivity index (χ0) is 17.1. The minimum absolute atomic E-state index is 0.197. The third-order valence-electron chi connectivity index (χ3n) is 4.14. The summed E-state index contributed by atoms with van der Waals surface area (Å²) in [5.74, 6) is 0.777. The van der Waals surface area contributed by atoms with Crippen LogP contribution in [0.2, 0.25) is 0 Å². The van der Waals surface area contributed by atoms with Crippen LogP contribution in [-0.2, 0) is 0 Å². The number of fused-ring (bicyclic) bond motifs is 1. The Kier molecular flexibility index (Phi) is 4.37. The summed E-state index contributed by atoms with van der Waals surface area (Å²) in [4.78, 5) is 14.1. The molecule has 0 radical (unpaired) electrons. The first-order valence-corrected chi connectivity index (χ1v) is 7.53. The molecule has 0 spiro atoms. The van der Waals surface area contributed by atoms with Crippen molar-refractivity contribution in [1.82, 2.24) is 4.98 Å². The van der Waals surface area contributed by atoms with Crippen molar-refractivity contribution in [3.05, 3.63) is 69.9 Å². The molecule has 1 atom stereocenters. The molecule has 0 aliphatic rings. The number of H-pyrrole nitrogens is 1. The number of nitrogens with one attached hydrogen (secondary N) is 1. The number of nitrogens with zero attached hydrogens (tertiary/aromatic N) is 1. The lowest BCUT2D eigenvalue weighted by atomic mass is 9.90. The van der Waals surface area contributed by atoms with Crippen molar-refractivity contribution in [3.8, 4) is 11.5 Å². The van der Waals surface area contributed by atoms with E-state index in [1.54, 1.807) is 26.4 Å². The molecule has 3 rings (SSSR count). The van der Waals surface area contributed by atoms with Crippen LogP contribution < -0.4 is 9.47 Å². The molecule has 6 heteroatoms. The maximum atomic E-state index is 11.2. The summed E-state index contributed by atoms with van der Waals surface area (Å²) < 4.78 is 10.6. The third kappa shape index (κ3) is 2.90. The number of hydrogen-bond acceptors (Lipinski definition) is 4. The van der Waals surface area contributed by atoms with Gasteiger partial charge in [-0.3, -0.25) is 10.1 Å². The van der Waals surface area contributed by atoms with Gasteiger partial charge in [0.2, 0.25) is 6.54 Å². The lowest BCUT2D eigenvalue weighted by Crippen LogP contribution is -2.14. The molecule has 2 aromatic carbocycles. The highest BCUT2D eigenvalue weighted by atomic mass is 16.6. The predicted molar refractivity (Wildman–Crippen MR) is 91.5 cm³/mol. The van der Waals surface area contributed by atoms with Crippen LogP contribution in [0.1, 0.15) is 17.0 Å². The first kappa shape index (κ1) is 15.9. The highest BCUT2D eigenvalue weighted by molar-refractivity contribution is 5.84. The molecule has 0 bridgehead atoms. The van der Waals surface area contributed by atoms with Gasteiger partial charge < -0.3 is 14.5 Å². The highest BCUT2D eigenvalue weighted by Crippen LogP contribution is 2.35. The molecule has 1 N–H and O–H groups in total. The van der Waals surface area contributed by atoms with Crippen molar-refractivity contribution in [2.75, 3.05) is 20.8 Å². The van der Waals surface area contributed by atoms with Gasteiger partial charge in [0.1, 0.15) is 0 Å². The van der Waals surface area contributed by atoms with Crippen molar-refractivity contribution < 1.29 is 14.4 Å². The first-order chi connectivity index (χ1) is 11.6. The summed E-state index contributed by atoms with van der Waals surface area (Å²) in [6.45, 7) is -0.197. The van der Waals surface area contributed by atoms with Crippen molar-refractivity contribution in [1.29, 1.82) is 0 Å². The zero-order valence-electron chi connectivity index (χ0n) is 13.5. The summed E-state index contributed by atoms with van der Waals surface area (Å²) in [6.07, 6.45) is 1.84. The summed E-state index contributed by atoms with van der Waals surface area (Å²) in [7, 11) is 3.11. The van der Waals surface area contributed by atoms with Gasteiger partial charge in [-0.05, 0) is 29.3 Å². The smallest absolute Gasteiger partial charge is 0.214 e. The molecular formula is C18H18N2O4. The van der Waals surface area contributed by atoms with E-state index in [1.807, 2.05) is 36.5 Å². The molecule has 1 aromatic heterocycles. The second-order valence-corrected chi connectivity index (χ2v) is 5.47. The Morgan fingerprint density at radius 1 is 1.12 bits per heavy atom. The van der Waals surface area contributed by atoms with E-state index in [1.165, 1.54) is 0 Å². The number of benzene rings is 2. The number of aromatic nitrogens is 1. The lowest BCUT2D eigenvalue weighted by molar-refractivity contribution is -0.481. The molecule has 0 aliphatic carbocycles. The van der Waals surface area contributed by atoms with Gasteiger partial charge in [0, 0.05) is 22.0 Å². The van der Waals surface area contributed by atoms with Gasteiger partial charge in [-0.25, -0.2) is 0 Å². The molecule has 0 fully saturated rings. The summed E-state index contributed by atoms with van der Waals surface area (Å²) >= 11 is 0. The molecule has 3 aromatic rings. The fourth-order valence-electron chi connectivity index (χ4n) is 2.98. The van der Waals surface area contributed by atoms with Crippen LogP contribution in [0.25, 0.3) is 10.9 Å². The Labute approximate surface area is 139 Å². The zero-order valence-corrected chi connectivity index (χ0v) is 13.5. The van der Waals surface area contributed by atoms with Crippen LogP contribution in [0.5, 0.6) is 11.5 Å². The van der Waals surface area contributed by atoms with Crippen LogP contribution in [0.3, 0.4) is 0 Å². The monoisotopic (exact) mass is 326 g/mol. The number of methoxy groups -OCH3 is 2. The van der Waals surface area contributed by atoms with E-state index < -0.39 is 0 Å². The lowest BCUT2D eigenvalue weighted by Gasteiger charge is -2.15. The van der Waals surface area contributed by atoms with Gasteiger partial charge in [0.25, 0.3) is 0 Å². The van der Waals surface area contributed by atoms with Crippen LogP contribution in [0.15, 0.2) is 48.7 Å². The van der Waals surface area contributed by atoms with E-state index in [2.05, 4.69) is 4.98 Å². The summed E-state index contributed by atoms with van der Waals surface area (Å²) in [5.41, 5.74) is 2.67. The average molecular weight is 326 g/mol. The minimum atomic E-state index is -0.379. The molecular weight excluding hydrogens is 308 g/mol. The Morgan fingerprint density at radius 2 is 1.88 bits per heavy atom. The second kappa shape index (κ2) is 6.62. The molecule has 0 unspecified atom stereocenters. The molecule has 1 heterocycles. The van der Waals surface area contributed by atoms with E-state index in [9.17, 15) is 10.1 Å². The van der Waals surface area contributed by atoms with E-state index in [0.717, 1.165) is 22.0 Å². The van der Waals surface area contributed by atoms with Gasteiger partial charge in [0.05, 0.1) is 20.1 Å². The van der Waals surface area contributed by atoms with E-state index in [-0.39, 0.29) is 17.4 Å². The summed E-state index contributed by atoms with van der Waals surface area (Å²) in [6, 6.07) is 13.2. The Morgan fingerprint density at radius 3 is 2.58 bits per heavy atom. The fourth-order valence-corrected chi connectivity index (χ4v) is 2.98. The van der Waals surface area contributed by atoms with Gasteiger partial charge in [-0.2, -0.15) is 0 Å². The molecule has 0 saturated carbocycles. The number of para-hydroxylation sites is 1. The standard InChI is InChI=1S/C18H18N2O4/c1-23-17-8-7-12(9-18(17)24-2)15(11-20(21)22)14-10-19-16-6-4-3-5-13(14)16/h3-10,15,19H,11H2,1-2H3/t15-/m0/s1. The quantitative estimate of drug-likeness (QED) is 0.554. The Hall–Kier alpha value is -3.02. The van der Waals surface area contributed by atoms with Gasteiger partial charge >= 0.3 is 0 Å². The van der Waals surface area contributed by atoms with Gasteiger partial charge in [-0.15, -0.1) is 0 Å². The fraction of sp³-hybridized carbons (Fsp3) is 0.222. The molecule has 6 nitrogen and oxygen atoms in total. The molecule has 0 saturated heterocycles. The van der Waals surface area contributed by atoms with Crippen molar-refractivity contribution >= 4 is 10.9 Å². The summed E-state index contributed by atoms with van der Waals surface area (Å²) in [5, 5.41) is 12.2. The third-order valence-corrected chi connectivity index (χ3v) is 4.14. The van der Waals surface area contributed by atoms with Gasteiger partial charge in [-0.1, -0.05) is 24.3 Å². The highest BCUT2D eigenvalue weighted by Gasteiger charge is 2.24. The SMILES string of the molecule is COc1ccc([C@H](C[N+](=O)[O-])c2c[nH]c3ccccc23)cc1OC. The van der Waals surface area contributed by atoms with E-state index >= 15 is 0 Å². The number of nitro groups is 1.